The molecular weight excluding hydrogens is 389 g/mol. The summed E-state index contributed by atoms with van der Waals surface area (Å²) in [6, 6.07) is 10.1. The van der Waals surface area contributed by atoms with Crippen LogP contribution in [0.15, 0.2) is 36.4 Å². The third-order valence-corrected chi connectivity index (χ3v) is 4.32. The Bertz CT molecular complexity index is 864. The number of aryl methyl sites for hydroxylation is 2. The lowest BCUT2D eigenvalue weighted by Gasteiger charge is -2.12. The Morgan fingerprint density at radius 3 is 2.15 bits per heavy atom. The number of para-hydroxylation sites is 1. The molecular formula is C19H19Cl2N3O3. The van der Waals surface area contributed by atoms with Crippen molar-refractivity contribution in [2.45, 2.75) is 13.8 Å². The topological polar surface area (TPSA) is 87.3 Å². The molecule has 8 heteroatoms. The molecule has 0 heterocycles. The van der Waals surface area contributed by atoms with E-state index in [0.29, 0.717) is 5.02 Å². The van der Waals surface area contributed by atoms with Gasteiger partial charge in [-0.1, -0.05) is 41.4 Å². The van der Waals surface area contributed by atoms with Crippen molar-refractivity contribution in [3.63, 3.8) is 0 Å². The Morgan fingerprint density at radius 1 is 0.889 bits per heavy atom. The Labute approximate surface area is 167 Å². The molecule has 0 aliphatic carbocycles. The molecule has 2 aromatic rings. The maximum Gasteiger partial charge on any atom is 0.253 e. The number of carbonyl (C=O) groups is 3. The smallest absolute Gasteiger partial charge is 0.253 e. The number of anilines is 1. The van der Waals surface area contributed by atoms with E-state index in [-0.39, 0.29) is 29.6 Å². The van der Waals surface area contributed by atoms with Crippen molar-refractivity contribution < 1.29 is 14.4 Å². The van der Waals surface area contributed by atoms with Crippen molar-refractivity contribution in [3.05, 3.63) is 63.1 Å². The zero-order valence-corrected chi connectivity index (χ0v) is 16.4. The molecule has 2 aromatic carbocycles. The molecule has 0 saturated carbocycles. The molecule has 0 unspecified atom stereocenters. The summed E-state index contributed by atoms with van der Waals surface area (Å²) in [4.78, 5) is 35.9. The van der Waals surface area contributed by atoms with E-state index in [1.807, 2.05) is 32.0 Å². The maximum atomic E-state index is 12.0. The van der Waals surface area contributed by atoms with Gasteiger partial charge in [-0.3, -0.25) is 14.4 Å². The highest BCUT2D eigenvalue weighted by Gasteiger charge is 2.13. The normalized spacial score (nSPS) is 10.2. The first-order valence-electron chi connectivity index (χ1n) is 8.14. The molecule has 3 amide bonds. The number of hydrogen-bond acceptors (Lipinski definition) is 3. The van der Waals surface area contributed by atoms with Crippen molar-refractivity contribution in [3.8, 4) is 0 Å². The lowest BCUT2D eigenvalue weighted by molar-refractivity contribution is -0.123. The molecule has 0 aliphatic heterocycles. The molecule has 27 heavy (non-hydrogen) atoms. The molecule has 2 rings (SSSR count). The highest BCUT2D eigenvalue weighted by atomic mass is 35.5. The maximum absolute atomic E-state index is 12.0. The van der Waals surface area contributed by atoms with Crippen LogP contribution in [0.5, 0.6) is 0 Å². The lowest BCUT2D eigenvalue weighted by Crippen LogP contribution is -2.40. The Kier molecular flexibility index (Phi) is 7.21. The lowest BCUT2D eigenvalue weighted by atomic mass is 10.1. The van der Waals surface area contributed by atoms with Crippen LogP contribution in [0.1, 0.15) is 21.5 Å². The Balaban J connectivity index is 1.80. The number of rotatable bonds is 6. The molecule has 0 saturated heterocycles. The first kappa shape index (κ1) is 20.7. The van der Waals surface area contributed by atoms with Crippen LogP contribution in [-0.4, -0.2) is 30.8 Å². The summed E-state index contributed by atoms with van der Waals surface area (Å²) >= 11 is 11.7. The van der Waals surface area contributed by atoms with Gasteiger partial charge in [-0.25, -0.2) is 0 Å². The highest BCUT2D eigenvalue weighted by molar-refractivity contribution is 6.36. The molecule has 0 fully saturated rings. The fraction of sp³-hybridized carbons (Fsp3) is 0.211. The van der Waals surface area contributed by atoms with E-state index >= 15 is 0 Å². The minimum absolute atomic E-state index is 0.188. The Hall–Kier alpha value is -2.57. The van der Waals surface area contributed by atoms with Crippen LogP contribution < -0.4 is 16.0 Å². The van der Waals surface area contributed by atoms with Crippen LogP contribution in [0.2, 0.25) is 10.0 Å². The van der Waals surface area contributed by atoms with E-state index in [1.54, 1.807) is 0 Å². The first-order valence-corrected chi connectivity index (χ1v) is 8.89. The first-order chi connectivity index (χ1) is 12.8. The van der Waals surface area contributed by atoms with Gasteiger partial charge < -0.3 is 16.0 Å². The SMILES string of the molecule is Cc1cccc(C)c1NC(=O)CNC(=O)CNC(=O)c1ccc(Cl)cc1Cl. The predicted octanol–water partition coefficient (Wildman–Crippen LogP) is 3.09. The standard InChI is InChI=1S/C19H19Cl2N3O3/c1-11-4-3-5-12(2)18(11)24-17(26)10-22-16(25)9-23-19(27)14-7-6-13(20)8-15(14)21/h3-8H,9-10H2,1-2H3,(H,22,25)(H,23,27)(H,24,26). The van der Waals surface area contributed by atoms with E-state index in [0.717, 1.165) is 16.8 Å². The quantitative estimate of drug-likeness (QED) is 0.687. The summed E-state index contributed by atoms with van der Waals surface area (Å²) in [6.45, 7) is 3.29. The number of amides is 3. The summed E-state index contributed by atoms with van der Waals surface area (Å²) in [7, 11) is 0. The minimum atomic E-state index is -0.508. The summed E-state index contributed by atoms with van der Waals surface area (Å²) in [5.74, 6) is -1.36. The van der Waals surface area contributed by atoms with Gasteiger partial charge in [0.1, 0.15) is 0 Å². The average Bonchev–Trinajstić information content (AvgIpc) is 2.61. The van der Waals surface area contributed by atoms with Gasteiger partial charge in [0.15, 0.2) is 0 Å². The molecule has 0 aromatic heterocycles. The fourth-order valence-corrected chi connectivity index (χ4v) is 2.86. The van der Waals surface area contributed by atoms with Crippen LogP contribution in [0.25, 0.3) is 0 Å². The Morgan fingerprint density at radius 2 is 1.52 bits per heavy atom. The van der Waals surface area contributed by atoms with E-state index in [9.17, 15) is 14.4 Å². The minimum Gasteiger partial charge on any atom is -0.345 e. The van der Waals surface area contributed by atoms with Crippen molar-refractivity contribution >= 4 is 46.6 Å². The number of nitrogens with one attached hydrogen (secondary N) is 3. The van der Waals surface area contributed by atoms with Crippen LogP contribution in [-0.2, 0) is 9.59 Å². The second-order valence-electron chi connectivity index (χ2n) is 5.90. The zero-order chi connectivity index (χ0) is 20.0. The number of benzene rings is 2. The van der Waals surface area contributed by atoms with E-state index < -0.39 is 11.8 Å². The predicted molar refractivity (Wildman–Crippen MR) is 106 cm³/mol. The van der Waals surface area contributed by atoms with Gasteiger partial charge in [0.2, 0.25) is 11.8 Å². The van der Waals surface area contributed by atoms with Crippen molar-refractivity contribution in [2.75, 3.05) is 18.4 Å². The van der Waals surface area contributed by atoms with E-state index in [2.05, 4.69) is 16.0 Å². The molecule has 0 atom stereocenters. The summed E-state index contributed by atoms with van der Waals surface area (Å²) in [5, 5.41) is 8.25. The zero-order valence-electron chi connectivity index (χ0n) is 14.9. The van der Waals surface area contributed by atoms with Crippen LogP contribution in [0.4, 0.5) is 5.69 Å². The second-order valence-corrected chi connectivity index (χ2v) is 6.74. The van der Waals surface area contributed by atoms with Crippen LogP contribution >= 0.6 is 23.2 Å². The van der Waals surface area contributed by atoms with Crippen LogP contribution in [0, 0.1) is 13.8 Å². The second kappa shape index (κ2) is 9.39. The van der Waals surface area contributed by atoms with E-state index in [1.165, 1.54) is 18.2 Å². The third kappa shape index (κ3) is 5.98. The molecule has 142 valence electrons. The average molecular weight is 408 g/mol. The summed E-state index contributed by atoms with van der Waals surface area (Å²) in [6.07, 6.45) is 0. The fourth-order valence-electron chi connectivity index (χ4n) is 2.37. The van der Waals surface area contributed by atoms with Crippen molar-refractivity contribution in [2.24, 2.45) is 0 Å². The molecule has 0 radical (unpaired) electrons. The summed E-state index contributed by atoms with van der Waals surface area (Å²) < 4.78 is 0. The molecule has 0 bridgehead atoms. The monoisotopic (exact) mass is 407 g/mol. The van der Waals surface area contributed by atoms with Gasteiger partial charge >= 0.3 is 0 Å². The molecule has 6 nitrogen and oxygen atoms in total. The number of halogens is 2. The molecule has 0 spiro atoms. The molecule has 0 aliphatic rings. The third-order valence-electron chi connectivity index (χ3n) is 3.78. The van der Waals surface area contributed by atoms with Gasteiger partial charge in [-0.2, -0.15) is 0 Å². The van der Waals surface area contributed by atoms with Crippen molar-refractivity contribution in [1.82, 2.24) is 10.6 Å². The summed E-state index contributed by atoms with van der Waals surface area (Å²) in [5.41, 5.74) is 2.80. The van der Waals surface area contributed by atoms with Gasteiger partial charge in [0, 0.05) is 10.7 Å². The number of hydrogen-bond donors (Lipinski definition) is 3. The van der Waals surface area contributed by atoms with E-state index in [4.69, 9.17) is 23.2 Å². The van der Waals surface area contributed by atoms with Gasteiger partial charge in [-0.05, 0) is 43.2 Å². The molecule has 3 N–H and O–H groups in total. The highest BCUT2D eigenvalue weighted by Crippen LogP contribution is 2.21. The van der Waals surface area contributed by atoms with Crippen LogP contribution in [0.3, 0.4) is 0 Å². The van der Waals surface area contributed by atoms with Crippen molar-refractivity contribution in [1.29, 1.82) is 0 Å². The largest absolute Gasteiger partial charge is 0.345 e. The number of carbonyl (C=O) groups excluding carboxylic acids is 3. The van der Waals surface area contributed by atoms with Gasteiger partial charge in [0.05, 0.1) is 23.7 Å². The van der Waals surface area contributed by atoms with Gasteiger partial charge in [0.25, 0.3) is 5.91 Å². The van der Waals surface area contributed by atoms with Gasteiger partial charge in [-0.15, -0.1) is 0 Å².